The second-order valence-electron chi connectivity index (χ2n) is 5.89. The van der Waals surface area contributed by atoms with E-state index in [2.05, 4.69) is 29.1 Å². The van der Waals surface area contributed by atoms with Gasteiger partial charge in [0.15, 0.2) is 0 Å². The maximum Gasteiger partial charge on any atom is 0.120 e. The van der Waals surface area contributed by atoms with E-state index in [0.717, 1.165) is 24.1 Å². The van der Waals surface area contributed by atoms with Gasteiger partial charge in [-0.2, -0.15) is 5.26 Å². The summed E-state index contributed by atoms with van der Waals surface area (Å²) in [7, 11) is 4.16. The molecule has 0 radical (unpaired) electrons. The van der Waals surface area contributed by atoms with E-state index in [1.807, 2.05) is 17.7 Å². The monoisotopic (exact) mass is 244 g/mol. The van der Waals surface area contributed by atoms with Crippen LogP contribution in [-0.2, 0) is 13.6 Å². The van der Waals surface area contributed by atoms with Crippen LogP contribution in [0.3, 0.4) is 0 Å². The van der Waals surface area contributed by atoms with Crippen LogP contribution >= 0.6 is 0 Å². The average Bonchev–Trinajstić information content (AvgIpc) is 2.91. The summed E-state index contributed by atoms with van der Waals surface area (Å²) < 4.78 is 1.92. The summed E-state index contributed by atoms with van der Waals surface area (Å²) in [5.41, 5.74) is 2.02. The lowest BCUT2D eigenvalue weighted by Crippen LogP contribution is -2.26. The predicted octanol–water partition coefficient (Wildman–Crippen LogP) is 0.890. The van der Waals surface area contributed by atoms with E-state index in [0.29, 0.717) is 0 Å². The molecule has 1 aromatic heterocycles. The average molecular weight is 244 g/mol. The summed E-state index contributed by atoms with van der Waals surface area (Å²) in [5.74, 6) is 1.71. The summed E-state index contributed by atoms with van der Waals surface area (Å²) >= 11 is 0. The van der Waals surface area contributed by atoms with Crippen molar-refractivity contribution >= 4 is 0 Å². The van der Waals surface area contributed by atoms with Crippen LogP contribution in [0.15, 0.2) is 12.3 Å². The molecule has 4 heteroatoms. The smallest absolute Gasteiger partial charge is 0.120 e. The molecule has 0 amide bonds. The van der Waals surface area contributed by atoms with Crippen LogP contribution in [0.1, 0.15) is 11.3 Å². The summed E-state index contributed by atoms with van der Waals surface area (Å²) in [6, 6.07) is 4.24. The Morgan fingerprint density at radius 2 is 1.89 bits per heavy atom. The van der Waals surface area contributed by atoms with Gasteiger partial charge in [0.05, 0.1) is 0 Å². The summed E-state index contributed by atoms with van der Waals surface area (Å²) in [4.78, 5) is 4.99. The van der Waals surface area contributed by atoms with Gasteiger partial charge in [0.25, 0.3) is 0 Å². The summed E-state index contributed by atoms with van der Waals surface area (Å²) in [6.45, 7) is 5.92. The van der Waals surface area contributed by atoms with Gasteiger partial charge < -0.3 is 9.47 Å². The van der Waals surface area contributed by atoms with Gasteiger partial charge >= 0.3 is 0 Å². The topological polar surface area (TPSA) is 35.2 Å². The molecule has 0 aliphatic carbocycles. The Kier molecular flexibility index (Phi) is 2.89. The van der Waals surface area contributed by atoms with Crippen LogP contribution in [0, 0.1) is 23.2 Å². The molecule has 2 fully saturated rings. The second kappa shape index (κ2) is 4.42. The molecule has 0 saturated carbocycles. The second-order valence-corrected chi connectivity index (χ2v) is 5.89. The summed E-state index contributed by atoms with van der Waals surface area (Å²) in [6.07, 6.45) is 2.08. The molecule has 0 N–H and O–H groups in total. The van der Waals surface area contributed by atoms with Crippen molar-refractivity contribution in [3.63, 3.8) is 0 Å². The molecule has 96 valence electrons. The first kappa shape index (κ1) is 11.8. The molecule has 2 aliphatic heterocycles. The lowest BCUT2D eigenvalue weighted by Gasteiger charge is -2.18. The highest BCUT2D eigenvalue weighted by atomic mass is 15.2. The highest BCUT2D eigenvalue weighted by Crippen LogP contribution is 2.31. The minimum Gasteiger partial charge on any atom is -0.342 e. The summed E-state index contributed by atoms with van der Waals surface area (Å²) in [5, 5.41) is 8.96. The van der Waals surface area contributed by atoms with Crippen molar-refractivity contribution in [2.75, 3.05) is 33.2 Å². The molecule has 1 aromatic rings. The van der Waals surface area contributed by atoms with E-state index in [9.17, 15) is 0 Å². The molecule has 2 aliphatic rings. The molecule has 18 heavy (non-hydrogen) atoms. The van der Waals surface area contributed by atoms with Crippen LogP contribution in [0.2, 0.25) is 0 Å². The molecule has 0 aromatic carbocycles. The molecule has 3 heterocycles. The molecular weight excluding hydrogens is 224 g/mol. The van der Waals surface area contributed by atoms with Gasteiger partial charge in [-0.1, -0.05) is 0 Å². The van der Waals surface area contributed by atoms with Gasteiger partial charge in [-0.3, -0.25) is 4.90 Å². The highest BCUT2D eigenvalue weighted by molar-refractivity contribution is 5.28. The molecule has 0 spiro atoms. The molecule has 3 rings (SSSR count). The predicted molar refractivity (Wildman–Crippen MR) is 69.9 cm³/mol. The fraction of sp³-hybridized carbons (Fsp3) is 0.643. The van der Waals surface area contributed by atoms with Crippen LogP contribution in [0.25, 0.3) is 0 Å². The maximum atomic E-state index is 8.96. The van der Waals surface area contributed by atoms with E-state index in [1.165, 1.54) is 31.7 Å². The number of aromatic nitrogens is 1. The Labute approximate surface area is 108 Å². The third kappa shape index (κ3) is 2.05. The molecule has 4 nitrogen and oxygen atoms in total. The van der Waals surface area contributed by atoms with E-state index in [1.54, 1.807) is 0 Å². The lowest BCUT2D eigenvalue weighted by atomic mass is 10.0. The largest absolute Gasteiger partial charge is 0.342 e. The van der Waals surface area contributed by atoms with E-state index >= 15 is 0 Å². The molecular formula is C14H20N4. The van der Waals surface area contributed by atoms with Crippen molar-refractivity contribution in [2.45, 2.75) is 6.54 Å². The van der Waals surface area contributed by atoms with Crippen molar-refractivity contribution in [3.05, 3.63) is 23.5 Å². The number of fused-ring (bicyclic) bond motifs is 1. The first-order valence-electron chi connectivity index (χ1n) is 6.62. The first-order valence-corrected chi connectivity index (χ1v) is 6.62. The number of hydrogen-bond acceptors (Lipinski definition) is 3. The Bertz CT molecular complexity index is 470. The minimum atomic E-state index is 0.754. The zero-order chi connectivity index (χ0) is 12.7. The van der Waals surface area contributed by atoms with Gasteiger partial charge in [0.1, 0.15) is 11.8 Å². The Balaban J connectivity index is 1.63. The van der Waals surface area contributed by atoms with E-state index < -0.39 is 0 Å². The molecule has 2 saturated heterocycles. The van der Waals surface area contributed by atoms with Crippen molar-refractivity contribution in [2.24, 2.45) is 18.9 Å². The zero-order valence-electron chi connectivity index (χ0n) is 11.1. The van der Waals surface area contributed by atoms with Crippen LogP contribution < -0.4 is 0 Å². The molecule has 2 atom stereocenters. The van der Waals surface area contributed by atoms with Crippen LogP contribution in [-0.4, -0.2) is 47.6 Å². The van der Waals surface area contributed by atoms with Crippen molar-refractivity contribution in [1.82, 2.24) is 14.4 Å². The lowest BCUT2D eigenvalue weighted by molar-refractivity contribution is 0.272. The fourth-order valence-corrected chi connectivity index (χ4v) is 3.54. The van der Waals surface area contributed by atoms with Crippen molar-refractivity contribution < 1.29 is 0 Å². The molecule has 0 bridgehead atoms. The zero-order valence-corrected chi connectivity index (χ0v) is 11.1. The number of nitrogens with zero attached hydrogens (tertiary/aromatic N) is 4. The number of nitriles is 1. The highest BCUT2D eigenvalue weighted by Gasteiger charge is 2.38. The van der Waals surface area contributed by atoms with E-state index in [4.69, 9.17) is 5.26 Å². The SMILES string of the molecule is CN1C[C@@H]2CN(Cc3cc(C#N)n(C)c3)C[C@@H]2C1. The van der Waals surface area contributed by atoms with Gasteiger partial charge in [0.2, 0.25) is 0 Å². The number of likely N-dealkylation sites (tertiary alicyclic amines) is 2. The third-order valence-corrected chi connectivity index (χ3v) is 4.33. The Morgan fingerprint density at radius 3 is 2.44 bits per heavy atom. The number of hydrogen-bond donors (Lipinski definition) is 0. The van der Waals surface area contributed by atoms with E-state index in [-0.39, 0.29) is 0 Å². The number of rotatable bonds is 2. The van der Waals surface area contributed by atoms with Gasteiger partial charge in [-0.05, 0) is 30.5 Å². The van der Waals surface area contributed by atoms with Crippen LogP contribution in [0.4, 0.5) is 0 Å². The Hall–Kier alpha value is -1.31. The van der Waals surface area contributed by atoms with Gasteiger partial charge in [-0.25, -0.2) is 0 Å². The fourth-order valence-electron chi connectivity index (χ4n) is 3.54. The quantitative estimate of drug-likeness (QED) is 0.775. The van der Waals surface area contributed by atoms with Gasteiger partial charge in [0, 0.05) is 46.0 Å². The minimum absolute atomic E-state index is 0.754. The normalized spacial score (nSPS) is 28.5. The molecule has 0 unspecified atom stereocenters. The van der Waals surface area contributed by atoms with Crippen molar-refractivity contribution in [3.8, 4) is 6.07 Å². The van der Waals surface area contributed by atoms with Crippen LogP contribution in [0.5, 0.6) is 0 Å². The standard InChI is InChI=1S/C14H20N4/c1-16-7-12-9-18(10-13(12)8-16)6-11-3-14(4-15)17(2)5-11/h3,5,12-13H,6-10H2,1-2H3/t12-,13+. The maximum absolute atomic E-state index is 8.96. The third-order valence-electron chi connectivity index (χ3n) is 4.33. The Morgan fingerprint density at radius 1 is 1.22 bits per heavy atom. The van der Waals surface area contributed by atoms with Gasteiger partial charge in [-0.15, -0.1) is 0 Å². The number of aryl methyl sites for hydroxylation is 1. The van der Waals surface area contributed by atoms with Crippen molar-refractivity contribution in [1.29, 1.82) is 5.26 Å². The first-order chi connectivity index (χ1) is 8.65.